The lowest BCUT2D eigenvalue weighted by molar-refractivity contribution is 0.100. The van der Waals surface area contributed by atoms with Crippen molar-refractivity contribution in [3.8, 4) is 0 Å². The van der Waals surface area contributed by atoms with Crippen molar-refractivity contribution < 1.29 is 9.59 Å². The van der Waals surface area contributed by atoms with Gasteiger partial charge in [-0.05, 0) is 54.8 Å². The molecule has 0 unspecified atom stereocenters. The standard InChI is InChI=1S/C17H18N2O2S2/c1-2-22-11-8-6-10(7-9-11)16(21)19-17-14(15(18)20)12-4-3-5-13(12)23-17/h6-9H,2-5H2,1H3,(H2,18,20)(H,19,21). The normalized spacial score (nSPS) is 12.9. The molecule has 1 aromatic heterocycles. The Labute approximate surface area is 143 Å². The van der Waals surface area contributed by atoms with E-state index in [0.29, 0.717) is 16.1 Å². The van der Waals surface area contributed by atoms with Crippen LogP contribution in [0.5, 0.6) is 0 Å². The van der Waals surface area contributed by atoms with Gasteiger partial charge in [-0.1, -0.05) is 6.92 Å². The second-order valence-electron chi connectivity index (χ2n) is 5.34. The van der Waals surface area contributed by atoms with E-state index in [1.807, 2.05) is 12.1 Å². The zero-order valence-electron chi connectivity index (χ0n) is 12.8. The van der Waals surface area contributed by atoms with E-state index in [1.54, 1.807) is 23.9 Å². The molecule has 3 rings (SSSR count). The molecule has 1 aliphatic carbocycles. The van der Waals surface area contributed by atoms with Crippen LogP contribution in [0.2, 0.25) is 0 Å². The van der Waals surface area contributed by atoms with E-state index >= 15 is 0 Å². The first kappa shape index (κ1) is 16.1. The van der Waals surface area contributed by atoms with Gasteiger partial charge >= 0.3 is 0 Å². The quantitative estimate of drug-likeness (QED) is 0.811. The number of thioether (sulfide) groups is 1. The zero-order chi connectivity index (χ0) is 16.4. The van der Waals surface area contributed by atoms with Crippen molar-refractivity contribution >= 4 is 39.9 Å². The van der Waals surface area contributed by atoms with Crippen LogP contribution in [0.25, 0.3) is 0 Å². The summed E-state index contributed by atoms with van der Waals surface area (Å²) in [6.45, 7) is 2.09. The molecule has 120 valence electrons. The molecule has 0 saturated carbocycles. The first-order chi connectivity index (χ1) is 11.1. The van der Waals surface area contributed by atoms with Crippen LogP contribution >= 0.6 is 23.1 Å². The van der Waals surface area contributed by atoms with Crippen LogP contribution in [-0.4, -0.2) is 17.6 Å². The zero-order valence-corrected chi connectivity index (χ0v) is 14.5. The van der Waals surface area contributed by atoms with Crippen LogP contribution in [-0.2, 0) is 12.8 Å². The molecule has 0 radical (unpaired) electrons. The molecule has 2 amide bonds. The Morgan fingerprint density at radius 2 is 2.00 bits per heavy atom. The van der Waals surface area contributed by atoms with Crippen molar-refractivity contribution in [3.05, 3.63) is 45.8 Å². The second-order valence-corrected chi connectivity index (χ2v) is 7.78. The van der Waals surface area contributed by atoms with Gasteiger partial charge < -0.3 is 11.1 Å². The number of hydrogen-bond acceptors (Lipinski definition) is 4. The molecule has 0 bridgehead atoms. The largest absolute Gasteiger partial charge is 0.365 e. The number of nitrogens with one attached hydrogen (secondary N) is 1. The van der Waals surface area contributed by atoms with Crippen molar-refractivity contribution in [2.75, 3.05) is 11.1 Å². The smallest absolute Gasteiger partial charge is 0.256 e. The predicted octanol–water partition coefficient (Wildman–Crippen LogP) is 3.70. The minimum absolute atomic E-state index is 0.208. The van der Waals surface area contributed by atoms with Gasteiger partial charge in [-0.25, -0.2) is 0 Å². The number of benzene rings is 1. The Morgan fingerprint density at radius 1 is 1.26 bits per heavy atom. The number of aryl methyl sites for hydroxylation is 1. The number of amides is 2. The molecular formula is C17H18N2O2S2. The molecule has 0 saturated heterocycles. The van der Waals surface area contributed by atoms with Crippen molar-refractivity contribution in [3.63, 3.8) is 0 Å². The molecule has 23 heavy (non-hydrogen) atoms. The van der Waals surface area contributed by atoms with Gasteiger partial charge in [0.05, 0.1) is 5.56 Å². The minimum Gasteiger partial charge on any atom is -0.365 e. The fourth-order valence-electron chi connectivity index (χ4n) is 2.80. The predicted molar refractivity (Wildman–Crippen MR) is 95.7 cm³/mol. The number of hydrogen-bond donors (Lipinski definition) is 2. The highest BCUT2D eigenvalue weighted by Crippen LogP contribution is 2.39. The van der Waals surface area contributed by atoms with Gasteiger partial charge in [0.2, 0.25) is 0 Å². The second kappa shape index (κ2) is 6.76. The number of carbonyl (C=O) groups excluding carboxylic acids is 2. The van der Waals surface area contributed by atoms with Crippen molar-refractivity contribution in [2.24, 2.45) is 5.73 Å². The first-order valence-corrected chi connectivity index (χ1v) is 9.39. The maximum absolute atomic E-state index is 12.4. The Balaban J connectivity index is 1.82. The maximum atomic E-state index is 12.4. The van der Waals surface area contributed by atoms with E-state index in [1.165, 1.54) is 16.2 Å². The van der Waals surface area contributed by atoms with Gasteiger partial charge in [0.25, 0.3) is 11.8 Å². The molecule has 0 fully saturated rings. The van der Waals surface area contributed by atoms with Crippen LogP contribution in [0.1, 0.15) is 44.5 Å². The molecule has 3 N–H and O–H groups in total. The van der Waals surface area contributed by atoms with E-state index in [9.17, 15) is 9.59 Å². The summed E-state index contributed by atoms with van der Waals surface area (Å²) in [5, 5.41) is 3.44. The van der Waals surface area contributed by atoms with Crippen LogP contribution in [0.3, 0.4) is 0 Å². The van der Waals surface area contributed by atoms with Crippen LogP contribution in [0, 0.1) is 0 Å². The van der Waals surface area contributed by atoms with Crippen LogP contribution < -0.4 is 11.1 Å². The summed E-state index contributed by atoms with van der Waals surface area (Å²) in [5.74, 6) is 0.323. The van der Waals surface area contributed by atoms with Gasteiger partial charge in [0.15, 0.2) is 0 Å². The molecule has 0 atom stereocenters. The van der Waals surface area contributed by atoms with E-state index in [2.05, 4.69) is 12.2 Å². The Kier molecular flexibility index (Phi) is 4.73. The molecular weight excluding hydrogens is 328 g/mol. The number of rotatable bonds is 5. The number of carbonyl (C=O) groups is 2. The number of anilines is 1. The summed E-state index contributed by atoms with van der Waals surface area (Å²) >= 11 is 3.21. The van der Waals surface area contributed by atoms with Crippen LogP contribution in [0.15, 0.2) is 29.2 Å². The molecule has 2 aromatic rings. The fraction of sp³-hybridized carbons (Fsp3) is 0.294. The summed E-state index contributed by atoms with van der Waals surface area (Å²) < 4.78 is 0. The van der Waals surface area contributed by atoms with Gasteiger partial charge in [0, 0.05) is 15.3 Å². The first-order valence-electron chi connectivity index (χ1n) is 7.58. The van der Waals surface area contributed by atoms with E-state index in [4.69, 9.17) is 5.73 Å². The lowest BCUT2D eigenvalue weighted by Crippen LogP contribution is -2.17. The molecule has 1 aliphatic rings. The van der Waals surface area contributed by atoms with Crippen LogP contribution in [0.4, 0.5) is 5.00 Å². The summed E-state index contributed by atoms with van der Waals surface area (Å²) in [5.41, 5.74) is 7.61. The highest BCUT2D eigenvalue weighted by atomic mass is 32.2. The number of fused-ring (bicyclic) bond motifs is 1. The Hall–Kier alpha value is -1.79. The maximum Gasteiger partial charge on any atom is 0.256 e. The molecule has 0 spiro atoms. The Morgan fingerprint density at radius 3 is 2.65 bits per heavy atom. The molecule has 0 aliphatic heterocycles. The lowest BCUT2D eigenvalue weighted by atomic mass is 10.1. The van der Waals surface area contributed by atoms with Crippen molar-refractivity contribution in [2.45, 2.75) is 31.1 Å². The highest BCUT2D eigenvalue weighted by molar-refractivity contribution is 7.99. The average molecular weight is 346 g/mol. The third-order valence-corrected chi connectivity index (χ3v) is 5.92. The van der Waals surface area contributed by atoms with Crippen molar-refractivity contribution in [1.29, 1.82) is 0 Å². The number of primary amides is 1. The van der Waals surface area contributed by atoms with Gasteiger partial charge in [0.1, 0.15) is 5.00 Å². The summed E-state index contributed by atoms with van der Waals surface area (Å²) in [6, 6.07) is 7.48. The van der Waals surface area contributed by atoms with Gasteiger partial charge in [-0.3, -0.25) is 9.59 Å². The van der Waals surface area contributed by atoms with Gasteiger partial charge in [-0.2, -0.15) is 0 Å². The van der Waals surface area contributed by atoms with E-state index in [-0.39, 0.29) is 5.91 Å². The Bertz CT molecular complexity index is 751. The SMILES string of the molecule is CCSc1ccc(C(=O)Nc2sc3c(c2C(N)=O)CCC3)cc1. The number of thiophene rings is 1. The molecule has 1 heterocycles. The molecule has 6 heteroatoms. The molecule has 1 aromatic carbocycles. The third-order valence-electron chi connectivity index (χ3n) is 3.82. The lowest BCUT2D eigenvalue weighted by Gasteiger charge is -2.07. The minimum atomic E-state index is -0.464. The summed E-state index contributed by atoms with van der Waals surface area (Å²) in [7, 11) is 0. The monoisotopic (exact) mass is 346 g/mol. The van der Waals surface area contributed by atoms with E-state index < -0.39 is 5.91 Å². The topological polar surface area (TPSA) is 72.2 Å². The summed E-state index contributed by atoms with van der Waals surface area (Å²) in [4.78, 5) is 26.5. The molecule has 4 nitrogen and oxygen atoms in total. The van der Waals surface area contributed by atoms with Crippen molar-refractivity contribution in [1.82, 2.24) is 0 Å². The highest BCUT2D eigenvalue weighted by Gasteiger charge is 2.26. The third kappa shape index (κ3) is 3.28. The average Bonchev–Trinajstić information content (AvgIpc) is 3.08. The fourth-order valence-corrected chi connectivity index (χ4v) is 4.75. The summed E-state index contributed by atoms with van der Waals surface area (Å²) in [6.07, 6.45) is 2.87. The van der Waals surface area contributed by atoms with Gasteiger partial charge in [-0.15, -0.1) is 23.1 Å². The number of nitrogens with two attached hydrogens (primary N) is 1. The van der Waals surface area contributed by atoms with E-state index in [0.717, 1.165) is 35.5 Å².